The Hall–Kier alpha value is -2.70. The fourth-order valence-corrected chi connectivity index (χ4v) is 3.25. The molecule has 2 amide bonds. The van der Waals surface area contributed by atoms with Crippen LogP contribution < -0.4 is 0 Å². The van der Waals surface area contributed by atoms with Crippen molar-refractivity contribution in [3.8, 4) is 0 Å². The van der Waals surface area contributed by atoms with Gasteiger partial charge < -0.3 is 9.80 Å². The van der Waals surface area contributed by atoms with Gasteiger partial charge >= 0.3 is 0 Å². The van der Waals surface area contributed by atoms with E-state index in [2.05, 4.69) is 10.2 Å². The van der Waals surface area contributed by atoms with E-state index in [-0.39, 0.29) is 30.1 Å². The molecule has 7 heteroatoms. The summed E-state index contributed by atoms with van der Waals surface area (Å²) in [6.07, 6.45) is 3.27. The molecule has 1 aromatic carbocycles. The van der Waals surface area contributed by atoms with Crippen LogP contribution in [0.25, 0.3) is 0 Å². The largest absolute Gasteiger partial charge is 0.345 e. The molecule has 25 heavy (non-hydrogen) atoms. The van der Waals surface area contributed by atoms with Gasteiger partial charge in [0.1, 0.15) is 5.82 Å². The number of likely N-dealkylation sites (tertiary alicyclic amines) is 1. The van der Waals surface area contributed by atoms with Crippen LogP contribution in [0.15, 0.2) is 30.5 Å². The van der Waals surface area contributed by atoms with Crippen molar-refractivity contribution in [3.05, 3.63) is 53.1 Å². The fraction of sp³-hybridized carbons (Fsp3) is 0.389. The number of halogens is 1. The number of hydrogen-bond donors (Lipinski definition) is 1. The lowest BCUT2D eigenvalue weighted by molar-refractivity contribution is -0.131. The highest BCUT2D eigenvalue weighted by Crippen LogP contribution is 2.33. The molecular formula is C18H21FN4O2. The molecule has 6 nitrogen and oxygen atoms in total. The first-order valence-corrected chi connectivity index (χ1v) is 8.26. The van der Waals surface area contributed by atoms with E-state index < -0.39 is 0 Å². The minimum Gasteiger partial charge on any atom is -0.345 e. The Morgan fingerprint density at radius 2 is 2.20 bits per heavy atom. The number of carbonyl (C=O) groups excluding carboxylic acids is 2. The lowest BCUT2D eigenvalue weighted by Crippen LogP contribution is -2.33. The van der Waals surface area contributed by atoms with Crippen LogP contribution in [-0.4, -0.2) is 52.5 Å². The van der Waals surface area contributed by atoms with E-state index >= 15 is 0 Å². The van der Waals surface area contributed by atoms with Crippen LogP contribution in [0, 0.1) is 5.82 Å². The Balaban J connectivity index is 1.80. The fourth-order valence-electron chi connectivity index (χ4n) is 3.25. The van der Waals surface area contributed by atoms with Gasteiger partial charge in [-0.05, 0) is 30.5 Å². The zero-order valence-corrected chi connectivity index (χ0v) is 14.3. The zero-order valence-electron chi connectivity index (χ0n) is 14.3. The number of hydrogen-bond acceptors (Lipinski definition) is 3. The first-order valence-electron chi connectivity index (χ1n) is 8.26. The molecule has 1 unspecified atom stereocenters. The SMILES string of the molecule is CN(C)C(=O)c1cn[nH]c1C1CCCN1C(=O)Cc1cccc(F)c1. The van der Waals surface area contributed by atoms with E-state index in [1.807, 2.05) is 0 Å². The lowest BCUT2D eigenvalue weighted by Gasteiger charge is -2.25. The smallest absolute Gasteiger partial charge is 0.256 e. The summed E-state index contributed by atoms with van der Waals surface area (Å²) in [4.78, 5) is 28.3. The maximum atomic E-state index is 13.3. The Labute approximate surface area is 145 Å². The minimum atomic E-state index is -0.351. The molecule has 3 rings (SSSR count). The van der Waals surface area contributed by atoms with Crippen LogP contribution in [0.5, 0.6) is 0 Å². The number of nitrogens with zero attached hydrogens (tertiary/aromatic N) is 3. The number of aromatic nitrogens is 2. The molecule has 0 bridgehead atoms. The van der Waals surface area contributed by atoms with Crippen molar-refractivity contribution in [2.45, 2.75) is 25.3 Å². The lowest BCUT2D eigenvalue weighted by atomic mass is 10.1. The summed E-state index contributed by atoms with van der Waals surface area (Å²) in [5, 5.41) is 6.89. The van der Waals surface area contributed by atoms with Gasteiger partial charge in [-0.3, -0.25) is 14.7 Å². The second-order valence-corrected chi connectivity index (χ2v) is 6.45. The highest BCUT2D eigenvalue weighted by atomic mass is 19.1. The Bertz CT molecular complexity index is 787. The molecule has 1 saturated heterocycles. The average Bonchev–Trinajstić information content (AvgIpc) is 3.22. The molecule has 1 aliphatic rings. The minimum absolute atomic E-state index is 0.0778. The quantitative estimate of drug-likeness (QED) is 0.924. The van der Waals surface area contributed by atoms with Crippen LogP contribution in [0.2, 0.25) is 0 Å². The maximum Gasteiger partial charge on any atom is 0.256 e. The molecule has 1 fully saturated rings. The maximum absolute atomic E-state index is 13.3. The molecule has 132 valence electrons. The predicted molar refractivity (Wildman–Crippen MR) is 90.4 cm³/mol. The number of amides is 2. The molecular weight excluding hydrogens is 323 g/mol. The van der Waals surface area contributed by atoms with Crippen LogP contribution in [0.1, 0.15) is 40.5 Å². The van der Waals surface area contributed by atoms with Crippen molar-refractivity contribution < 1.29 is 14.0 Å². The van der Waals surface area contributed by atoms with E-state index in [0.717, 1.165) is 12.8 Å². The molecule has 1 aliphatic heterocycles. The first kappa shape index (κ1) is 17.1. The Morgan fingerprint density at radius 3 is 2.92 bits per heavy atom. The van der Waals surface area contributed by atoms with Crippen molar-refractivity contribution in [3.63, 3.8) is 0 Å². The topological polar surface area (TPSA) is 69.3 Å². The first-order chi connectivity index (χ1) is 12.0. The van der Waals surface area contributed by atoms with Gasteiger partial charge in [-0.15, -0.1) is 0 Å². The number of H-pyrrole nitrogens is 1. The molecule has 0 aliphatic carbocycles. The average molecular weight is 344 g/mol. The van der Waals surface area contributed by atoms with Crippen molar-refractivity contribution in [1.82, 2.24) is 20.0 Å². The van der Waals surface area contributed by atoms with Crippen LogP contribution in [0.3, 0.4) is 0 Å². The van der Waals surface area contributed by atoms with E-state index in [4.69, 9.17) is 0 Å². The van der Waals surface area contributed by atoms with Crippen molar-refractivity contribution in [2.24, 2.45) is 0 Å². The van der Waals surface area contributed by atoms with Gasteiger partial charge in [0, 0.05) is 20.6 Å². The van der Waals surface area contributed by atoms with E-state index in [1.165, 1.54) is 23.2 Å². The normalized spacial score (nSPS) is 16.9. The summed E-state index contributed by atoms with van der Waals surface area (Å²) in [5.74, 6) is -0.574. The van der Waals surface area contributed by atoms with E-state index in [1.54, 1.807) is 31.1 Å². The molecule has 0 spiro atoms. The second-order valence-electron chi connectivity index (χ2n) is 6.45. The van der Waals surface area contributed by atoms with E-state index in [9.17, 15) is 14.0 Å². The summed E-state index contributed by atoms with van der Waals surface area (Å²) >= 11 is 0. The number of nitrogens with one attached hydrogen (secondary N) is 1. The Kier molecular flexibility index (Phi) is 4.83. The summed E-state index contributed by atoms with van der Waals surface area (Å²) in [6, 6.07) is 5.87. The third kappa shape index (κ3) is 3.55. The number of rotatable bonds is 4. The molecule has 1 atom stereocenters. The third-order valence-corrected chi connectivity index (χ3v) is 4.46. The van der Waals surface area contributed by atoms with Gasteiger partial charge in [0.15, 0.2) is 0 Å². The van der Waals surface area contributed by atoms with Crippen molar-refractivity contribution >= 4 is 11.8 Å². The van der Waals surface area contributed by atoms with Gasteiger partial charge in [0.05, 0.1) is 29.9 Å². The van der Waals surface area contributed by atoms with E-state index in [0.29, 0.717) is 23.4 Å². The van der Waals surface area contributed by atoms with Gasteiger partial charge in [0.2, 0.25) is 5.91 Å². The van der Waals surface area contributed by atoms with Crippen LogP contribution >= 0.6 is 0 Å². The number of carbonyl (C=O) groups is 2. The molecule has 1 N–H and O–H groups in total. The summed E-state index contributed by atoms with van der Waals surface area (Å²) in [5.41, 5.74) is 1.80. The number of benzene rings is 1. The molecule has 0 radical (unpaired) electrons. The highest BCUT2D eigenvalue weighted by molar-refractivity contribution is 5.95. The van der Waals surface area contributed by atoms with Gasteiger partial charge in [0.25, 0.3) is 5.91 Å². The summed E-state index contributed by atoms with van der Waals surface area (Å²) in [6.45, 7) is 0.618. The van der Waals surface area contributed by atoms with Crippen LogP contribution in [0.4, 0.5) is 4.39 Å². The Morgan fingerprint density at radius 1 is 1.40 bits per heavy atom. The van der Waals surface area contributed by atoms with Crippen molar-refractivity contribution in [1.29, 1.82) is 0 Å². The molecule has 2 aromatic rings. The van der Waals surface area contributed by atoms with Gasteiger partial charge in [-0.25, -0.2) is 4.39 Å². The summed E-state index contributed by atoms with van der Waals surface area (Å²) in [7, 11) is 3.36. The molecule has 2 heterocycles. The zero-order chi connectivity index (χ0) is 18.0. The monoisotopic (exact) mass is 344 g/mol. The molecule has 0 saturated carbocycles. The van der Waals surface area contributed by atoms with Crippen molar-refractivity contribution in [2.75, 3.05) is 20.6 Å². The second kappa shape index (κ2) is 7.04. The van der Waals surface area contributed by atoms with Gasteiger partial charge in [-0.2, -0.15) is 5.10 Å². The standard InChI is InChI=1S/C18H21FN4O2/c1-22(2)18(25)14-11-20-21-17(14)15-7-4-8-23(15)16(24)10-12-5-3-6-13(19)9-12/h3,5-6,9,11,15H,4,7-8,10H2,1-2H3,(H,20,21). The summed E-state index contributed by atoms with van der Waals surface area (Å²) < 4.78 is 13.3. The van der Waals surface area contributed by atoms with Gasteiger partial charge in [-0.1, -0.05) is 12.1 Å². The number of aromatic amines is 1. The van der Waals surface area contributed by atoms with Crippen LogP contribution in [-0.2, 0) is 11.2 Å². The highest BCUT2D eigenvalue weighted by Gasteiger charge is 2.34. The predicted octanol–water partition coefficient (Wildman–Crippen LogP) is 2.16. The molecule has 1 aromatic heterocycles. The third-order valence-electron chi connectivity index (χ3n) is 4.46.